The van der Waals surface area contributed by atoms with Crippen LogP contribution >= 0.6 is 0 Å². The predicted octanol–water partition coefficient (Wildman–Crippen LogP) is -0.234. The van der Waals surface area contributed by atoms with E-state index in [1.165, 1.54) is 51.4 Å². The molecule has 6 nitrogen and oxygen atoms in total. The molecule has 140 valence electrons. The summed E-state index contributed by atoms with van der Waals surface area (Å²) in [5, 5.41) is 0. The van der Waals surface area contributed by atoms with Gasteiger partial charge in [0.15, 0.2) is 0 Å². The summed E-state index contributed by atoms with van der Waals surface area (Å²) in [5.74, 6) is -1.53. The molecule has 0 rings (SSSR count). The van der Waals surface area contributed by atoms with Gasteiger partial charge in [-0.3, -0.25) is 0 Å². The van der Waals surface area contributed by atoms with E-state index >= 15 is 0 Å². The minimum atomic E-state index is -4.48. The average molecular weight is 394 g/mol. The number of hydrogen-bond acceptors (Lipinski definition) is 5. The van der Waals surface area contributed by atoms with E-state index in [1.54, 1.807) is 0 Å². The summed E-state index contributed by atoms with van der Waals surface area (Å²) in [6, 6.07) is 0. The zero-order valence-electron chi connectivity index (χ0n) is 15.3. The van der Waals surface area contributed by atoms with Crippen molar-refractivity contribution in [2.24, 2.45) is 0 Å². The van der Waals surface area contributed by atoms with Crippen molar-refractivity contribution < 1.29 is 50.9 Å². The van der Waals surface area contributed by atoms with Crippen molar-refractivity contribution >= 4 is 20.1 Å². The van der Waals surface area contributed by atoms with Gasteiger partial charge < -0.3 is 4.55 Å². The molecule has 1 N–H and O–H groups in total. The first-order valence-corrected chi connectivity index (χ1v) is 11.9. The van der Waals surface area contributed by atoms with Gasteiger partial charge in [-0.15, -0.1) is 0 Å². The number of rotatable bonds is 16. The molecule has 0 aromatic carbocycles. The maximum atomic E-state index is 11.4. The Morgan fingerprint density at radius 2 is 1.12 bits per heavy atom. The molecule has 0 heterocycles. The van der Waals surface area contributed by atoms with E-state index in [-0.39, 0.29) is 29.6 Å². The first kappa shape index (κ1) is 27.0. The van der Waals surface area contributed by atoms with Crippen molar-refractivity contribution in [3.05, 3.63) is 0 Å². The van der Waals surface area contributed by atoms with Gasteiger partial charge in [-0.05, 0) is 6.42 Å². The van der Waals surface area contributed by atoms with E-state index in [1.807, 2.05) is 0 Å². The van der Waals surface area contributed by atoms with Crippen LogP contribution in [0, 0.1) is 0 Å². The Morgan fingerprint density at radius 1 is 0.708 bits per heavy atom. The molecule has 0 atom stereocenters. The van der Waals surface area contributed by atoms with Gasteiger partial charge in [0.1, 0.15) is 0 Å². The molecule has 0 amide bonds. The SMILES string of the molecule is CCCCCCCCCCCCCNS(=O)(=O)CCS(=O)(=O)[O-].[Na+]. The fourth-order valence-corrected chi connectivity index (χ4v) is 4.59. The molecule has 0 aromatic heterocycles. The molecule has 0 radical (unpaired) electrons. The molecular weight excluding hydrogens is 361 g/mol. The van der Waals surface area contributed by atoms with Gasteiger partial charge in [0.25, 0.3) is 0 Å². The van der Waals surface area contributed by atoms with Gasteiger partial charge in [0.05, 0.1) is 21.6 Å². The number of unbranched alkanes of at least 4 members (excludes halogenated alkanes) is 10. The van der Waals surface area contributed by atoms with Gasteiger partial charge in [0, 0.05) is 6.54 Å². The maximum absolute atomic E-state index is 11.4. The molecule has 0 aliphatic rings. The summed E-state index contributed by atoms with van der Waals surface area (Å²) in [5.41, 5.74) is 0. The Balaban J connectivity index is 0. The Morgan fingerprint density at radius 3 is 1.54 bits per heavy atom. The zero-order valence-corrected chi connectivity index (χ0v) is 18.9. The van der Waals surface area contributed by atoms with E-state index < -0.39 is 31.6 Å². The van der Waals surface area contributed by atoms with Gasteiger partial charge in [-0.2, -0.15) is 0 Å². The molecule has 24 heavy (non-hydrogen) atoms. The summed E-state index contributed by atoms with van der Waals surface area (Å²) < 4.78 is 56.4. The quantitative estimate of drug-likeness (QED) is 0.222. The molecule has 0 bridgehead atoms. The first-order chi connectivity index (χ1) is 10.8. The third-order valence-electron chi connectivity index (χ3n) is 3.70. The number of nitrogens with one attached hydrogen (secondary N) is 1. The average Bonchev–Trinajstić information content (AvgIpc) is 2.46. The van der Waals surface area contributed by atoms with Crippen LogP contribution in [0.1, 0.15) is 77.6 Å². The molecule has 0 aliphatic carbocycles. The van der Waals surface area contributed by atoms with Gasteiger partial charge in [-0.25, -0.2) is 21.6 Å². The molecule has 0 saturated heterocycles. The van der Waals surface area contributed by atoms with Gasteiger partial charge >= 0.3 is 29.6 Å². The fourth-order valence-electron chi connectivity index (χ4n) is 2.30. The van der Waals surface area contributed by atoms with Gasteiger partial charge in [-0.1, -0.05) is 71.1 Å². The normalized spacial score (nSPS) is 12.1. The van der Waals surface area contributed by atoms with E-state index in [9.17, 15) is 21.4 Å². The van der Waals surface area contributed by atoms with Crippen LogP contribution in [0.4, 0.5) is 0 Å². The largest absolute Gasteiger partial charge is 1.00 e. The van der Waals surface area contributed by atoms with Crippen molar-refractivity contribution in [3.8, 4) is 0 Å². The molecule has 0 saturated carbocycles. The van der Waals surface area contributed by atoms with Crippen LogP contribution in [-0.2, 0) is 20.1 Å². The molecular formula is C15H32NNaO5S2. The second-order valence-corrected chi connectivity index (χ2v) is 9.46. The van der Waals surface area contributed by atoms with Crippen LogP contribution in [0.2, 0.25) is 0 Å². The van der Waals surface area contributed by atoms with E-state index in [4.69, 9.17) is 0 Å². The minimum Gasteiger partial charge on any atom is -0.748 e. The molecule has 0 fully saturated rings. The van der Waals surface area contributed by atoms with Crippen LogP contribution in [-0.4, -0.2) is 39.4 Å². The number of sulfonamides is 1. The van der Waals surface area contributed by atoms with E-state index in [0.29, 0.717) is 6.54 Å². The van der Waals surface area contributed by atoms with Crippen LogP contribution in [0.15, 0.2) is 0 Å². The van der Waals surface area contributed by atoms with Crippen LogP contribution in [0.25, 0.3) is 0 Å². The molecule has 0 aliphatic heterocycles. The monoisotopic (exact) mass is 393 g/mol. The standard InChI is InChI=1S/C15H33NO5S2.Na/c1-2-3-4-5-6-7-8-9-10-11-12-13-16-22(17,18)14-15-23(19,20)21;/h16H,2-15H2,1H3,(H,19,20,21);/q;+1/p-1. The second-order valence-electron chi connectivity index (χ2n) is 6.01. The van der Waals surface area contributed by atoms with Crippen molar-refractivity contribution in [2.45, 2.75) is 77.6 Å². The van der Waals surface area contributed by atoms with Crippen LogP contribution in [0.5, 0.6) is 0 Å². The fraction of sp³-hybridized carbons (Fsp3) is 1.00. The summed E-state index contributed by atoms with van der Waals surface area (Å²) >= 11 is 0. The summed E-state index contributed by atoms with van der Waals surface area (Å²) in [6.07, 6.45) is 13.0. The smallest absolute Gasteiger partial charge is 0.748 e. The Labute approximate surface area is 170 Å². The minimum absolute atomic E-state index is 0. The second kappa shape index (κ2) is 16.0. The van der Waals surface area contributed by atoms with Crippen LogP contribution in [0.3, 0.4) is 0 Å². The topological polar surface area (TPSA) is 103 Å². The molecule has 0 unspecified atom stereocenters. The van der Waals surface area contributed by atoms with Crippen LogP contribution < -0.4 is 34.3 Å². The summed E-state index contributed by atoms with van der Waals surface area (Å²) in [4.78, 5) is 0. The van der Waals surface area contributed by atoms with Crippen molar-refractivity contribution in [1.29, 1.82) is 0 Å². The van der Waals surface area contributed by atoms with Crippen molar-refractivity contribution in [1.82, 2.24) is 4.72 Å². The first-order valence-electron chi connectivity index (χ1n) is 8.68. The zero-order chi connectivity index (χ0) is 17.6. The third-order valence-corrected chi connectivity index (χ3v) is 6.05. The molecule has 9 heteroatoms. The van der Waals surface area contributed by atoms with Crippen molar-refractivity contribution in [2.75, 3.05) is 18.1 Å². The van der Waals surface area contributed by atoms with E-state index in [2.05, 4.69) is 11.6 Å². The van der Waals surface area contributed by atoms with E-state index in [0.717, 1.165) is 19.3 Å². The summed E-state index contributed by atoms with van der Waals surface area (Å²) in [7, 11) is -8.14. The predicted molar refractivity (Wildman–Crippen MR) is 92.8 cm³/mol. The molecule has 0 aromatic rings. The van der Waals surface area contributed by atoms with Gasteiger partial charge in [0.2, 0.25) is 10.0 Å². The maximum Gasteiger partial charge on any atom is 1.00 e. The number of hydrogen-bond donors (Lipinski definition) is 1. The molecule has 0 spiro atoms. The Bertz CT molecular complexity index is 480. The third kappa shape index (κ3) is 20.9. The Hall–Kier alpha value is 0.820. The summed E-state index contributed by atoms with van der Waals surface area (Å²) in [6.45, 7) is 2.52. The van der Waals surface area contributed by atoms with Crippen molar-refractivity contribution in [3.63, 3.8) is 0 Å². The Kier molecular flexibility index (Phi) is 18.1.